The molecule has 19 heavy (non-hydrogen) atoms. The molecule has 1 rings (SSSR count). The van der Waals surface area contributed by atoms with Gasteiger partial charge in [0.2, 0.25) is 0 Å². The van der Waals surface area contributed by atoms with Crippen LogP contribution in [0.5, 0.6) is 5.75 Å². The lowest BCUT2D eigenvalue weighted by atomic mass is 10.1. The van der Waals surface area contributed by atoms with Crippen molar-refractivity contribution in [3.8, 4) is 5.75 Å². The highest BCUT2D eigenvalue weighted by Crippen LogP contribution is 2.24. The van der Waals surface area contributed by atoms with Crippen LogP contribution in [0.15, 0.2) is 22.7 Å². The van der Waals surface area contributed by atoms with E-state index in [-0.39, 0.29) is 5.54 Å². The Bertz CT molecular complexity index is 402. The van der Waals surface area contributed by atoms with Crippen LogP contribution in [0.4, 0.5) is 0 Å². The largest absolute Gasteiger partial charge is 0.491 e. The molecular weight excluding hydrogens is 306 g/mol. The van der Waals surface area contributed by atoms with Crippen LogP contribution in [0.2, 0.25) is 0 Å². The summed E-state index contributed by atoms with van der Waals surface area (Å²) in [5, 5.41) is 13.0. The van der Waals surface area contributed by atoms with Crippen molar-refractivity contribution in [3.05, 3.63) is 28.2 Å². The highest BCUT2D eigenvalue weighted by molar-refractivity contribution is 9.10. The third-order valence-corrected chi connectivity index (χ3v) is 3.23. The molecule has 1 aromatic rings. The summed E-state index contributed by atoms with van der Waals surface area (Å²) >= 11 is 3.48. The SMILES string of the molecule is CCC(O)COc1ccc(Br)cc1CNC(C)(C)C. The van der Waals surface area contributed by atoms with E-state index < -0.39 is 6.10 Å². The quantitative estimate of drug-likeness (QED) is 0.839. The van der Waals surface area contributed by atoms with Crippen LogP contribution in [0.25, 0.3) is 0 Å². The first-order valence-electron chi connectivity index (χ1n) is 6.66. The summed E-state index contributed by atoms with van der Waals surface area (Å²) in [6.07, 6.45) is 0.290. The van der Waals surface area contributed by atoms with Crippen LogP contribution < -0.4 is 10.1 Å². The van der Waals surface area contributed by atoms with Crippen molar-refractivity contribution in [2.45, 2.75) is 52.3 Å². The molecule has 0 radical (unpaired) electrons. The molecule has 1 aromatic carbocycles. The smallest absolute Gasteiger partial charge is 0.124 e. The van der Waals surface area contributed by atoms with Gasteiger partial charge >= 0.3 is 0 Å². The molecule has 0 aliphatic carbocycles. The molecule has 0 saturated heterocycles. The van der Waals surface area contributed by atoms with E-state index in [1.807, 2.05) is 25.1 Å². The molecule has 0 saturated carbocycles. The topological polar surface area (TPSA) is 41.5 Å². The Labute approximate surface area is 124 Å². The first kappa shape index (κ1) is 16.5. The number of benzene rings is 1. The second-order valence-corrected chi connectivity index (χ2v) is 6.64. The van der Waals surface area contributed by atoms with Gasteiger partial charge in [-0.15, -0.1) is 0 Å². The van der Waals surface area contributed by atoms with Crippen molar-refractivity contribution in [2.24, 2.45) is 0 Å². The summed E-state index contributed by atoms with van der Waals surface area (Å²) in [5.74, 6) is 0.826. The van der Waals surface area contributed by atoms with E-state index in [0.29, 0.717) is 13.0 Å². The second kappa shape index (κ2) is 7.27. The first-order chi connectivity index (χ1) is 8.81. The van der Waals surface area contributed by atoms with Crippen LogP contribution in [0, 0.1) is 0 Å². The minimum absolute atomic E-state index is 0.0581. The number of ether oxygens (including phenoxy) is 1. The van der Waals surface area contributed by atoms with Crippen molar-refractivity contribution < 1.29 is 9.84 Å². The standard InChI is InChI=1S/C15H24BrNO2/c1-5-13(18)10-19-14-7-6-12(16)8-11(14)9-17-15(2,3)4/h6-8,13,17-18H,5,9-10H2,1-4H3. The first-order valence-corrected chi connectivity index (χ1v) is 7.45. The van der Waals surface area contributed by atoms with Crippen LogP contribution in [0.3, 0.4) is 0 Å². The fourth-order valence-corrected chi connectivity index (χ4v) is 1.90. The monoisotopic (exact) mass is 329 g/mol. The summed E-state index contributed by atoms with van der Waals surface area (Å²) in [6, 6.07) is 5.94. The van der Waals surface area contributed by atoms with E-state index in [4.69, 9.17) is 4.74 Å². The van der Waals surface area contributed by atoms with E-state index in [1.165, 1.54) is 0 Å². The molecule has 0 heterocycles. The predicted octanol–water partition coefficient (Wildman–Crippen LogP) is 3.49. The minimum Gasteiger partial charge on any atom is -0.491 e. The van der Waals surface area contributed by atoms with Crippen molar-refractivity contribution in [2.75, 3.05) is 6.61 Å². The summed E-state index contributed by atoms with van der Waals surface area (Å²) in [7, 11) is 0. The minimum atomic E-state index is -0.410. The van der Waals surface area contributed by atoms with Crippen molar-refractivity contribution in [1.82, 2.24) is 5.32 Å². The van der Waals surface area contributed by atoms with Crippen molar-refractivity contribution in [1.29, 1.82) is 0 Å². The fourth-order valence-electron chi connectivity index (χ4n) is 1.49. The Morgan fingerprint density at radius 3 is 2.63 bits per heavy atom. The molecule has 0 bridgehead atoms. The lowest BCUT2D eigenvalue weighted by Gasteiger charge is -2.22. The lowest BCUT2D eigenvalue weighted by molar-refractivity contribution is 0.103. The molecule has 0 spiro atoms. The Morgan fingerprint density at radius 2 is 2.05 bits per heavy atom. The van der Waals surface area contributed by atoms with Gasteiger partial charge in [0.25, 0.3) is 0 Å². The van der Waals surface area contributed by atoms with Crippen molar-refractivity contribution >= 4 is 15.9 Å². The number of aliphatic hydroxyl groups excluding tert-OH is 1. The Hall–Kier alpha value is -0.580. The Morgan fingerprint density at radius 1 is 1.37 bits per heavy atom. The van der Waals surface area contributed by atoms with E-state index in [9.17, 15) is 5.11 Å². The zero-order valence-electron chi connectivity index (χ0n) is 12.2. The second-order valence-electron chi connectivity index (χ2n) is 5.73. The molecular formula is C15H24BrNO2. The molecule has 4 heteroatoms. The third kappa shape index (κ3) is 6.41. The maximum absolute atomic E-state index is 9.57. The van der Waals surface area contributed by atoms with Gasteiger partial charge in [-0.1, -0.05) is 22.9 Å². The van der Waals surface area contributed by atoms with E-state index in [1.54, 1.807) is 0 Å². The number of halogens is 1. The third-order valence-electron chi connectivity index (χ3n) is 2.73. The molecule has 0 aromatic heterocycles. The van der Waals surface area contributed by atoms with Crippen LogP contribution in [-0.2, 0) is 6.54 Å². The van der Waals surface area contributed by atoms with Gasteiger partial charge in [0, 0.05) is 22.1 Å². The Balaban J connectivity index is 2.74. The highest BCUT2D eigenvalue weighted by Gasteiger charge is 2.12. The molecule has 2 N–H and O–H groups in total. The van der Waals surface area contributed by atoms with Gasteiger partial charge in [-0.25, -0.2) is 0 Å². The molecule has 0 fully saturated rings. The average Bonchev–Trinajstić information content (AvgIpc) is 2.33. The average molecular weight is 330 g/mol. The summed E-state index contributed by atoms with van der Waals surface area (Å²) < 4.78 is 6.73. The zero-order chi connectivity index (χ0) is 14.5. The molecule has 0 amide bonds. The molecule has 1 atom stereocenters. The molecule has 3 nitrogen and oxygen atoms in total. The van der Waals surface area contributed by atoms with Gasteiger partial charge in [0.1, 0.15) is 12.4 Å². The number of hydrogen-bond donors (Lipinski definition) is 2. The van der Waals surface area contributed by atoms with Gasteiger partial charge in [0.15, 0.2) is 0 Å². The van der Waals surface area contributed by atoms with Gasteiger partial charge < -0.3 is 15.2 Å². The normalized spacial score (nSPS) is 13.4. The number of rotatable bonds is 6. The van der Waals surface area contributed by atoms with Gasteiger partial charge in [0.05, 0.1) is 6.10 Å². The van der Waals surface area contributed by atoms with Gasteiger partial charge in [-0.05, 0) is 45.4 Å². The lowest BCUT2D eigenvalue weighted by Crippen LogP contribution is -2.35. The summed E-state index contributed by atoms with van der Waals surface area (Å²) in [4.78, 5) is 0. The van der Waals surface area contributed by atoms with Crippen LogP contribution in [0.1, 0.15) is 39.7 Å². The maximum atomic E-state index is 9.57. The molecule has 0 aliphatic heterocycles. The predicted molar refractivity (Wildman–Crippen MR) is 82.5 cm³/mol. The molecule has 108 valence electrons. The molecule has 1 unspecified atom stereocenters. The van der Waals surface area contributed by atoms with Crippen molar-refractivity contribution in [3.63, 3.8) is 0 Å². The Kier molecular flexibility index (Phi) is 6.30. The maximum Gasteiger partial charge on any atom is 0.124 e. The molecule has 0 aliphatic rings. The van der Waals surface area contributed by atoms with Crippen LogP contribution in [-0.4, -0.2) is 23.4 Å². The van der Waals surface area contributed by atoms with E-state index in [0.717, 1.165) is 22.3 Å². The van der Waals surface area contributed by atoms with E-state index >= 15 is 0 Å². The van der Waals surface area contributed by atoms with E-state index in [2.05, 4.69) is 42.0 Å². The fraction of sp³-hybridized carbons (Fsp3) is 0.600. The van der Waals surface area contributed by atoms with Gasteiger partial charge in [-0.3, -0.25) is 0 Å². The summed E-state index contributed by atoms with van der Waals surface area (Å²) in [5.41, 5.74) is 1.15. The number of nitrogens with one attached hydrogen (secondary N) is 1. The van der Waals surface area contributed by atoms with Crippen LogP contribution >= 0.6 is 15.9 Å². The highest BCUT2D eigenvalue weighted by atomic mass is 79.9. The summed E-state index contributed by atoms with van der Waals surface area (Å²) in [6.45, 7) is 9.41. The zero-order valence-corrected chi connectivity index (χ0v) is 13.8. The number of hydrogen-bond acceptors (Lipinski definition) is 3. The number of aliphatic hydroxyl groups is 1. The van der Waals surface area contributed by atoms with Gasteiger partial charge in [-0.2, -0.15) is 0 Å².